The molecule has 136 valence electrons. The summed E-state index contributed by atoms with van der Waals surface area (Å²) in [5.41, 5.74) is 0. The lowest BCUT2D eigenvalue weighted by molar-refractivity contribution is -0.204. The molecule has 1 aliphatic heterocycles. The van der Waals surface area contributed by atoms with Crippen molar-refractivity contribution in [3.05, 3.63) is 0 Å². The summed E-state index contributed by atoms with van der Waals surface area (Å²) in [5.74, 6) is -1.04. The van der Waals surface area contributed by atoms with Gasteiger partial charge in [-0.1, -0.05) is 0 Å². The summed E-state index contributed by atoms with van der Waals surface area (Å²) in [6, 6.07) is 0. The van der Waals surface area contributed by atoms with E-state index in [1.807, 2.05) is 0 Å². The van der Waals surface area contributed by atoms with Gasteiger partial charge < -0.3 is 44.9 Å². The van der Waals surface area contributed by atoms with E-state index in [4.69, 9.17) is 19.6 Å². The summed E-state index contributed by atoms with van der Waals surface area (Å²) < 4.78 is 28.1. The first-order valence-electron chi connectivity index (χ1n) is 6.27. The van der Waals surface area contributed by atoms with Crippen LogP contribution in [0, 0.1) is 0 Å². The average molecular weight is 379 g/mol. The smallest absolute Gasteiger partial charge is 0.356 e. The van der Waals surface area contributed by atoms with Gasteiger partial charge in [-0.2, -0.15) is 0 Å². The van der Waals surface area contributed by atoms with Crippen molar-refractivity contribution in [2.75, 3.05) is 12.8 Å². The van der Waals surface area contributed by atoms with Gasteiger partial charge in [0.05, 0.1) is 12.8 Å². The number of aliphatic hydroxyl groups excluding tert-OH is 3. The average Bonchev–Trinajstić information content (AvgIpc) is 2.34. The first-order chi connectivity index (χ1) is 10.3. The fourth-order valence-corrected chi connectivity index (χ4v) is 4.75. The van der Waals surface area contributed by atoms with Gasteiger partial charge in [0.25, 0.3) is 0 Å². The van der Waals surface area contributed by atoms with Gasteiger partial charge in [0.2, 0.25) is 5.91 Å². The standard InChI is InChI=1S/C9H19NO11P2/c1-4(12)10-9(23(18,19)20)6(3-22(15,16)17)21-5(2-11)7(13)8(9)14/h5-8,11,13-14H,2-3H2,1H3,(H,10,12)(H2,15,16,17)(H2,18,19,20)/t5-,6-,7-,8+,9?/m1/s1. The zero-order chi connectivity index (χ0) is 18.2. The maximum Gasteiger partial charge on any atom is 0.356 e. The SMILES string of the molecule is CC(=O)NC1(P(=O)(O)O)[C@@H](CP(=O)(O)O)O[C@H](CO)[C@@H](O)[C@@H]1O. The van der Waals surface area contributed by atoms with Crippen molar-refractivity contribution in [1.29, 1.82) is 0 Å². The molecule has 23 heavy (non-hydrogen) atoms. The summed E-state index contributed by atoms with van der Waals surface area (Å²) in [4.78, 5) is 48.6. The molecule has 5 atom stereocenters. The van der Waals surface area contributed by atoms with E-state index in [1.165, 1.54) is 0 Å². The number of hydrogen-bond acceptors (Lipinski definition) is 7. The molecule has 1 heterocycles. The first kappa shape index (κ1) is 20.7. The second kappa shape index (κ2) is 6.85. The predicted molar refractivity (Wildman–Crippen MR) is 73.3 cm³/mol. The summed E-state index contributed by atoms with van der Waals surface area (Å²) in [5, 5.41) is 27.9. The molecule has 0 bridgehead atoms. The van der Waals surface area contributed by atoms with Gasteiger partial charge >= 0.3 is 15.2 Å². The van der Waals surface area contributed by atoms with Crippen molar-refractivity contribution in [2.24, 2.45) is 0 Å². The highest BCUT2D eigenvalue weighted by Gasteiger charge is 2.66. The van der Waals surface area contributed by atoms with E-state index in [0.717, 1.165) is 6.92 Å². The van der Waals surface area contributed by atoms with E-state index in [0.29, 0.717) is 0 Å². The Morgan fingerprint density at radius 2 is 1.74 bits per heavy atom. The number of hydrogen-bond donors (Lipinski definition) is 8. The topological polar surface area (TPSA) is 214 Å². The van der Waals surface area contributed by atoms with Crippen molar-refractivity contribution >= 4 is 21.1 Å². The third-order valence-corrected chi connectivity index (χ3v) is 5.86. The summed E-state index contributed by atoms with van der Waals surface area (Å²) >= 11 is 0. The number of nitrogens with one attached hydrogen (secondary N) is 1. The number of carbonyl (C=O) groups excluding carboxylic acids is 1. The number of ether oxygens (including phenoxy) is 1. The van der Waals surface area contributed by atoms with Crippen molar-refractivity contribution in [3.63, 3.8) is 0 Å². The van der Waals surface area contributed by atoms with Gasteiger partial charge in [-0.3, -0.25) is 13.9 Å². The number of rotatable bonds is 5. The van der Waals surface area contributed by atoms with Crippen LogP contribution in [-0.4, -0.2) is 83.3 Å². The van der Waals surface area contributed by atoms with Crippen LogP contribution in [0.5, 0.6) is 0 Å². The highest BCUT2D eigenvalue weighted by Crippen LogP contribution is 2.58. The van der Waals surface area contributed by atoms with E-state index in [2.05, 4.69) is 0 Å². The second-order valence-corrected chi connectivity index (χ2v) is 8.70. The van der Waals surface area contributed by atoms with Crippen LogP contribution in [0.15, 0.2) is 0 Å². The molecule has 1 aliphatic rings. The molecule has 1 amide bonds. The first-order valence-corrected chi connectivity index (χ1v) is 9.68. The predicted octanol–water partition coefficient (Wildman–Crippen LogP) is -3.34. The van der Waals surface area contributed by atoms with E-state index in [9.17, 15) is 33.9 Å². The van der Waals surface area contributed by atoms with Crippen LogP contribution in [0.2, 0.25) is 0 Å². The maximum atomic E-state index is 11.9. The number of aliphatic hydroxyl groups is 3. The van der Waals surface area contributed by atoms with Crippen LogP contribution in [0.1, 0.15) is 6.92 Å². The van der Waals surface area contributed by atoms with E-state index in [1.54, 1.807) is 5.32 Å². The third kappa shape index (κ3) is 4.18. The van der Waals surface area contributed by atoms with Crippen molar-refractivity contribution in [3.8, 4) is 0 Å². The molecule has 8 N–H and O–H groups in total. The van der Waals surface area contributed by atoms with Crippen LogP contribution in [0.3, 0.4) is 0 Å². The molecule has 0 spiro atoms. The van der Waals surface area contributed by atoms with Crippen molar-refractivity contribution in [1.82, 2.24) is 5.32 Å². The Morgan fingerprint density at radius 3 is 2.09 bits per heavy atom. The molecule has 12 nitrogen and oxygen atoms in total. The van der Waals surface area contributed by atoms with Crippen LogP contribution >= 0.6 is 15.2 Å². The Bertz CT molecular complexity index is 544. The number of carbonyl (C=O) groups is 1. The van der Waals surface area contributed by atoms with Crippen LogP contribution < -0.4 is 5.32 Å². The van der Waals surface area contributed by atoms with Crippen molar-refractivity contribution < 1.29 is 53.6 Å². The van der Waals surface area contributed by atoms with Gasteiger partial charge in [0.15, 0.2) is 5.28 Å². The lowest BCUT2D eigenvalue weighted by Gasteiger charge is -2.50. The largest absolute Gasteiger partial charge is 0.394 e. The quantitative estimate of drug-likeness (QED) is 0.221. The molecule has 0 aliphatic carbocycles. The van der Waals surface area contributed by atoms with Crippen LogP contribution in [0.25, 0.3) is 0 Å². The fraction of sp³-hybridized carbons (Fsp3) is 0.889. The lowest BCUT2D eigenvalue weighted by Crippen LogP contribution is -2.73. The summed E-state index contributed by atoms with van der Waals surface area (Å²) in [7, 11) is -10.4. The molecular weight excluding hydrogens is 360 g/mol. The molecule has 1 saturated heterocycles. The molecule has 0 aromatic rings. The molecule has 0 radical (unpaired) electrons. The molecule has 0 aromatic carbocycles. The molecule has 0 saturated carbocycles. The van der Waals surface area contributed by atoms with Gasteiger partial charge in [0.1, 0.15) is 24.4 Å². The zero-order valence-corrected chi connectivity index (χ0v) is 13.7. The maximum absolute atomic E-state index is 11.9. The monoisotopic (exact) mass is 379 g/mol. The lowest BCUT2D eigenvalue weighted by atomic mass is 9.92. The molecular formula is C9H19NO11P2. The van der Waals surface area contributed by atoms with Gasteiger partial charge in [-0.15, -0.1) is 0 Å². The summed E-state index contributed by atoms with van der Waals surface area (Å²) in [6.45, 7) is -0.0453. The van der Waals surface area contributed by atoms with E-state index >= 15 is 0 Å². The fourth-order valence-electron chi connectivity index (χ4n) is 2.47. The van der Waals surface area contributed by atoms with Gasteiger partial charge in [0, 0.05) is 6.92 Å². The zero-order valence-electron chi connectivity index (χ0n) is 11.9. The number of amides is 1. The Morgan fingerprint density at radius 1 is 1.22 bits per heavy atom. The second-order valence-electron chi connectivity index (χ2n) is 5.18. The normalized spacial score (nSPS) is 35.8. The summed E-state index contributed by atoms with van der Waals surface area (Å²) in [6.07, 6.45) is -9.26. The highest BCUT2D eigenvalue weighted by atomic mass is 31.2. The van der Waals surface area contributed by atoms with Crippen molar-refractivity contribution in [2.45, 2.75) is 36.6 Å². The van der Waals surface area contributed by atoms with Crippen LogP contribution in [0.4, 0.5) is 0 Å². The van der Waals surface area contributed by atoms with E-state index in [-0.39, 0.29) is 0 Å². The van der Waals surface area contributed by atoms with Gasteiger partial charge in [-0.05, 0) is 0 Å². The Labute approximate surface area is 130 Å². The minimum atomic E-state index is -5.49. The Hall–Kier alpha value is -0.390. The molecule has 0 aromatic heterocycles. The highest BCUT2D eigenvalue weighted by molar-refractivity contribution is 7.54. The van der Waals surface area contributed by atoms with E-state index < -0.39 is 63.6 Å². The minimum absolute atomic E-state index is 0.850. The Balaban J connectivity index is 3.50. The molecule has 1 fully saturated rings. The Kier molecular flexibility index (Phi) is 6.15. The minimum Gasteiger partial charge on any atom is -0.394 e. The van der Waals surface area contributed by atoms with Gasteiger partial charge in [-0.25, -0.2) is 0 Å². The molecule has 14 heteroatoms. The third-order valence-electron chi connectivity index (χ3n) is 3.43. The molecule has 1 rings (SSSR count). The van der Waals surface area contributed by atoms with Crippen LogP contribution in [-0.2, 0) is 18.7 Å². The molecule has 1 unspecified atom stereocenters.